The van der Waals surface area contributed by atoms with Gasteiger partial charge in [-0.3, -0.25) is 4.79 Å². The van der Waals surface area contributed by atoms with E-state index in [-0.39, 0.29) is 15.6 Å². The number of rotatable bonds is 4. The van der Waals surface area contributed by atoms with E-state index < -0.39 is 21.8 Å². The largest absolute Gasteiger partial charge is 0.480 e. The van der Waals surface area contributed by atoms with E-state index in [1.807, 2.05) is 0 Å². The summed E-state index contributed by atoms with van der Waals surface area (Å²) in [6.45, 7) is 1.42. The van der Waals surface area contributed by atoms with Crippen LogP contribution in [0.2, 0.25) is 5.02 Å². The molecule has 0 saturated heterocycles. The molecule has 1 aromatic carbocycles. The first-order valence-corrected chi connectivity index (χ1v) is 6.97. The number of nitrogens with one attached hydrogen (secondary N) is 1. The van der Waals surface area contributed by atoms with Crippen LogP contribution in [0.3, 0.4) is 0 Å². The Hall–Kier alpha value is -1.27. The number of carboxylic acids is 1. The van der Waals surface area contributed by atoms with Gasteiger partial charge in [-0.1, -0.05) is 11.6 Å². The Morgan fingerprint density at radius 1 is 1.47 bits per heavy atom. The van der Waals surface area contributed by atoms with Crippen molar-refractivity contribution in [3.05, 3.63) is 23.2 Å². The van der Waals surface area contributed by atoms with Crippen molar-refractivity contribution < 1.29 is 18.3 Å². The van der Waals surface area contributed by atoms with Crippen molar-refractivity contribution >= 4 is 33.1 Å². The van der Waals surface area contributed by atoms with E-state index in [1.165, 1.54) is 25.1 Å². The van der Waals surface area contributed by atoms with Gasteiger partial charge in [0.05, 0.1) is 10.6 Å². The Morgan fingerprint density at radius 2 is 2.06 bits per heavy atom. The van der Waals surface area contributed by atoms with Crippen LogP contribution in [-0.4, -0.2) is 31.8 Å². The predicted octanol–water partition coefficient (Wildman–Crippen LogP) is 1.63. The van der Waals surface area contributed by atoms with Gasteiger partial charge in [0.25, 0.3) is 0 Å². The second kappa shape index (κ2) is 4.93. The number of aliphatic carboxylic acids is 1. The van der Waals surface area contributed by atoms with Crippen LogP contribution in [-0.2, 0) is 14.6 Å². The lowest BCUT2D eigenvalue weighted by molar-refractivity contribution is -0.137. The van der Waals surface area contributed by atoms with Gasteiger partial charge in [-0.15, -0.1) is 0 Å². The minimum absolute atomic E-state index is 0.0156. The van der Waals surface area contributed by atoms with Crippen LogP contribution in [0, 0.1) is 0 Å². The van der Waals surface area contributed by atoms with Crippen molar-refractivity contribution in [1.82, 2.24) is 0 Å². The van der Waals surface area contributed by atoms with E-state index in [0.29, 0.717) is 0 Å². The first-order valence-electron chi connectivity index (χ1n) is 4.71. The van der Waals surface area contributed by atoms with E-state index in [0.717, 1.165) is 6.26 Å². The van der Waals surface area contributed by atoms with Gasteiger partial charge in [-0.2, -0.15) is 0 Å². The van der Waals surface area contributed by atoms with Crippen LogP contribution in [0.15, 0.2) is 23.1 Å². The summed E-state index contributed by atoms with van der Waals surface area (Å²) in [7, 11) is -3.47. The molecule has 0 spiro atoms. The summed E-state index contributed by atoms with van der Waals surface area (Å²) in [4.78, 5) is 10.7. The van der Waals surface area contributed by atoms with Crippen molar-refractivity contribution in [1.29, 1.82) is 0 Å². The normalized spacial score (nSPS) is 13.1. The highest BCUT2D eigenvalue weighted by atomic mass is 35.5. The second-order valence-electron chi connectivity index (χ2n) is 3.62. The highest BCUT2D eigenvalue weighted by Crippen LogP contribution is 2.25. The van der Waals surface area contributed by atoms with Crippen LogP contribution < -0.4 is 5.32 Å². The van der Waals surface area contributed by atoms with Gasteiger partial charge in [0.15, 0.2) is 9.84 Å². The molecule has 0 aliphatic heterocycles. The van der Waals surface area contributed by atoms with Crippen molar-refractivity contribution in [3.63, 3.8) is 0 Å². The molecule has 7 heteroatoms. The monoisotopic (exact) mass is 277 g/mol. The molecule has 0 aliphatic rings. The van der Waals surface area contributed by atoms with Gasteiger partial charge < -0.3 is 10.4 Å². The highest BCUT2D eigenvalue weighted by Gasteiger charge is 2.17. The van der Waals surface area contributed by atoms with Crippen molar-refractivity contribution in [2.45, 2.75) is 17.9 Å². The lowest BCUT2D eigenvalue weighted by Crippen LogP contribution is -2.26. The van der Waals surface area contributed by atoms with Gasteiger partial charge in [0.1, 0.15) is 6.04 Å². The molecule has 0 fully saturated rings. The first kappa shape index (κ1) is 13.8. The Labute approximate surface area is 104 Å². The zero-order valence-corrected chi connectivity index (χ0v) is 10.8. The molecule has 1 atom stereocenters. The zero-order chi connectivity index (χ0) is 13.2. The van der Waals surface area contributed by atoms with E-state index in [2.05, 4.69) is 5.32 Å². The molecule has 0 amide bonds. The van der Waals surface area contributed by atoms with Crippen LogP contribution in [0.5, 0.6) is 0 Å². The van der Waals surface area contributed by atoms with Crippen LogP contribution >= 0.6 is 11.6 Å². The molecule has 17 heavy (non-hydrogen) atoms. The Bertz CT molecular complexity index is 541. The smallest absolute Gasteiger partial charge is 0.325 e. The summed E-state index contributed by atoms with van der Waals surface area (Å²) >= 11 is 5.71. The molecule has 0 heterocycles. The topological polar surface area (TPSA) is 83.5 Å². The minimum atomic E-state index is -3.47. The number of benzene rings is 1. The van der Waals surface area contributed by atoms with Gasteiger partial charge in [-0.25, -0.2) is 8.42 Å². The maximum Gasteiger partial charge on any atom is 0.325 e. The van der Waals surface area contributed by atoms with E-state index >= 15 is 0 Å². The molecule has 5 nitrogen and oxygen atoms in total. The third-order valence-corrected chi connectivity index (χ3v) is 3.46. The molecule has 1 unspecified atom stereocenters. The molecular formula is C10H12ClNO4S. The summed E-state index contributed by atoms with van der Waals surface area (Å²) in [5.74, 6) is -1.07. The maximum absolute atomic E-state index is 11.5. The van der Waals surface area contributed by atoms with E-state index in [1.54, 1.807) is 0 Å². The molecule has 0 bridgehead atoms. The number of anilines is 1. The second-order valence-corrected chi connectivity index (χ2v) is 6.04. The number of sulfone groups is 1. The number of halogens is 1. The summed E-state index contributed by atoms with van der Waals surface area (Å²) in [5, 5.41) is 11.6. The van der Waals surface area contributed by atoms with Gasteiger partial charge in [-0.05, 0) is 25.1 Å². The fourth-order valence-electron chi connectivity index (χ4n) is 1.22. The van der Waals surface area contributed by atoms with E-state index in [4.69, 9.17) is 16.7 Å². The fourth-order valence-corrected chi connectivity index (χ4v) is 2.32. The SMILES string of the molecule is CC(Nc1ccc(Cl)cc1S(C)(=O)=O)C(=O)O. The molecule has 0 saturated carbocycles. The molecular weight excluding hydrogens is 266 g/mol. The molecule has 2 N–H and O–H groups in total. The molecule has 94 valence electrons. The molecule has 1 rings (SSSR count). The van der Waals surface area contributed by atoms with E-state index in [9.17, 15) is 13.2 Å². The van der Waals surface area contributed by atoms with Gasteiger partial charge >= 0.3 is 5.97 Å². The molecule has 0 aliphatic carbocycles. The molecule has 0 aromatic heterocycles. The lowest BCUT2D eigenvalue weighted by atomic mass is 10.2. The lowest BCUT2D eigenvalue weighted by Gasteiger charge is -2.14. The van der Waals surface area contributed by atoms with Crippen LogP contribution in [0.1, 0.15) is 6.92 Å². The molecule has 1 aromatic rings. The Balaban J connectivity index is 3.21. The average molecular weight is 278 g/mol. The molecule has 0 radical (unpaired) electrons. The minimum Gasteiger partial charge on any atom is -0.480 e. The number of carboxylic acid groups (broad SMARTS) is 1. The number of hydrogen-bond donors (Lipinski definition) is 2. The van der Waals surface area contributed by atoms with Crippen molar-refractivity contribution in [2.75, 3.05) is 11.6 Å². The van der Waals surface area contributed by atoms with Gasteiger partial charge in [0, 0.05) is 11.3 Å². The third kappa shape index (κ3) is 3.61. The van der Waals surface area contributed by atoms with Crippen molar-refractivity contribution in [3.8, 4) is 0 Å². The van der Waals surface area contributed by atoms with Gasteiger partial charge in [0.2, 0.25) is 0 Å². The number of hydrogen-bond acceptors (Lipinski definition) is 4. The predicted molar refractivity (Wildman–Crippen MR) is 65.3 cm³/mol. The first-order chi connectivity index (χ1) is 7.71. The highest BCUT2D eigenvalue weighted by molar-refractivity contribution is 7.90. The Morgan fingerprint density at radius 3 is 2.53 bits per heavy atom. The summed E-state index contributed by atoms with van der Waals surface area (Å²) in [6, 6.07) is 3.33. The van der Waals surface area contributed by atoms with Crippen LogP contribution in [0.25, 0.3) is 0 Å². The maximum atomic E-state index is 11.5. The summed E-state index contributed by atoms with van der Waals surface area (Å²) in [5.41, 5.74) is 0.229. The third-order valence-electron chi connectivity index (χ3n) is 2.09. The standard InChI is InChI=1S/C10H12ClNO4S/c1-6(10(13)14)12-8-4-3-7(11)5-9(8)17(2,15)16/h3-6,12H,1-2H3,(H,13,14). The fraction of sp³-hybridized carbons (Fsp3) is 0.300. The number of carbonyl (C=O) groups is 1. The zero-order valence-electron chi connectivity index (χ0n) is 9.27. The summed E-state index contributed by atoms with van der Waals surface area (Å²) < 4.78 is 23.0. The van der Waals surface area contributed by atoms with Crippen LogP contribution in [0.4, 0.5) is 5.69 Å². The van der Waals surface area contributed by atoms with Crippen molar-refractivity contribution in [2.24, 2.45) is 0 Å². The quantitative estimate of drug-likeness (QED) is 0.874. The Kier molecular flexibility index (Phi) is 4.00. The average Bonchev–Trinajstić information content (AvgIpc) is 2.18. The summed E-state index contributed by atoms with van der Waals surface area (Å²) in [6.07, 6.45) is 1.04.